The Morgan fingerprint density at radius 3 is 3.06 bits per heavy atom. The van der Waals surface area contributed by atoms with E-state index in [0.717, 1.165) is 0 Å². The molecule has 0 saturated carbocycles. The molecule has 1 saturated heterocycles. The van der Waals surface area contributed by atoms with Gasteiger partial charge in [0.25, 0.3) is 0 Å². The van der Waals surface area contributed by atoms with Crippen molar-refractivity contribution in [3.05, 3.63) is 35.4 Å². The molecule has 1 aliphatic carbocycles. The highest BCUT2D eigenvalue weighted by atomic mass is 15.0. The second-order valence-electron chi connectivity index (χ2n) is 5.41. The van der Waals surface area contributed by atoms with Crippen molar-refractivity contribution in [2.75, 3.05) is 6.54 Å². The van der Waals surface area contributed by atoms with Gasteiger partial charge in [-0.3, -0.25) is 0 Å². The lowest BCUT2D eigenvalue weighted by molar-refractivity contribution is 0.104. The summed E-state index contributed by atoms with van der Waals surface area (Å²) < 4.78 is 0. The summed E-state index contributed by atoms with van der Waals surface area (Å²) in [6.07, 6.45) is 6.74. The number of benzene rings is 1. The first-order valence-corrected chi connectivity index (χ1v) is 6.67. The van der Waals surface area contributed by atoms with Crippen LogP contribution in [0.3, 0.4) is 0 Å². The molecule has 0 unspecified atom stereocenters. The van der Waals surface area contributed by atoms with Crippen LogP contribution in [0.5, 0.6) is 0 Å². The Hall–Kier alpha value is -0.820. The van der Waals surface area contributed by atoms with Crippen LogP contribution in [0.25, 0.3) is 0 Å². The highest BCUT2D eigenvalue weighted by Crippen LogP contribution is 2.50. The second-order valence-corrected chi connectivity index (χ2v) is 5.41. The van der Waals surface area contributed by atoms with Gasteiger partial charge in [0, 0.05) is 6.04 Å². The fourth-order valence-corrected chi connectivity index (χ4v) is 3.74. The number of hydrogen-bond donors (Lipinski definition) is 1. The van der Waals surface area contributed by atoms with E-state index in [2.05, 4.69) is 36.5 Å². The first kappa shape index (κ1) is 10.3. The average molecular weight is 215 g/mol. The maximum atomic E-state index is 3.77. The average Bonchev–Trinajstić information content (AvgIpc) is 2.38. The summed E-state index contributed by atoms with van der Waals surface area (Å²) >= 11 is 0. The largest absolute Gasteiger partial charge is 0.309 e. The van der Waals surface area contributed by atoms with E-state index in [1.54, 1.807) is 11.1 Å². The fraction of sp³-hybridized carbons (Fsp3) is 0.600. The normalized spacial score (nSPS) is 32.9. The first-order chi connectivity index (χ1) is 7.86. The molecule has 1 fully saturated rings. The molecule has 1 aromatic rings. The summed E-state index contributed by atoms with van der Waals surface area (Å²) in [5, 5.41) is 3.77. The van der Waals surface area contributed by atoms with Crippen LogP contribution >= 0.6 is 0 Å². The van der Waals surface area contributed by atoms with Gasteiger partial charge in [-0.1, -0.05) is 31.2 Å². The van der Waals surface area contributed by atoms with Crippen molar-refractivity contribution >= 4 is 0 Å². The number of aryl methyl sites for hydroxylation is 1. The van der Waals surface area contributed by atoms with E-state index in [9.17, 15) is 0 Å². The molecule has 1 heterocycles. The van der Waals surface area contributed by atoms with Crippen molar-refractivity contribution in [3.63, 3.8) is 0 Å². The van der Waals surface area contributed by atoms with Crippen molar-refractivity contribution in [2.24, 2.45) is 5.41 Å². The van der Waals surface area contributed by atoms with E-state index in [0.29, 0.717) is 11.5 Å². The van der Waals surface area contributed by atoms with Gasteiger partial charge in [-0.2, -0.15) is 0 Å². The summed E-state index contributed by atoms with van der Waals surface area (Å²) in [5.41, 5.74) is 3.70. The minimum Gasteiger partial charge on any atom is -0.309 e. The Kier molecular flexibility index (Phi) is 2.51. The minimum atomic E-state index is 0.548. The molecule has 3 rings (SSSR count). The lowest BCUT2D eigenvalue weighted by Crippen LogP contribution is -2.45. The summed E-state index contributed by atoms with van der Waals surface area (Å²) in [4.78, 5) is 0. The van der Waals surface area contributed by atoms with Crippen molar-refractivity contribution in [1.82, 2.24) is 5.32 Å². The predicted molar refractivity (Wildman–Crippen MR) is 67.5 cm³/mol. The quantitative estimate of drug-likeness (QED) is 0.756. The number of rotatable bonds is 1. The van der Waals surface area contributed by atoms with Crippen LogP contribution in [0.4, 0.5) is 0 Å². The molecule has 1 N–H and O–H groups in total. The van der Waals surface area contributed by atoms with Gasteiger partial charge < -0.3 is 5.32 Å². The zero-order valence-corrected chi connectivity index (χ0v) is 10.1. The van der Waals surface area contributed by atoms with E-state index in [4.69, 9.17) is 0 Å². The Morgan fingerprint density at radius 2 is 2.19 bits per heavy atom. The third-order valence-electron chi connectivity index (χ3n) is 4.77. The second kappa shape index (κ2) is 3.89. The SMILES string of the molecule is CC[C@]12CCCN[C@H]1c1ccccc1CC2. The maximum absolute atomic E-state index is 3.77. The Labute approximate surface area is 98.3 Å². The van der Waals surface area contributed by atoms with Crippen LogP contribution in [-0.4, -0.2) is 6.54 Å². The van der Waals surface area contributed by atoms with Crippen molar-refractivity contribution in [2.45, 2.75) is 45.1 Å². The van der Waals surface area contributed by atoms with Gasteiger partial charge in [-0.25, -0.2) is 0 Å². The molecule has 1 aliphatic heterocycles. The number of fused-ring (bicyclic) bond motifs is 3. The molecule has 0 radical (unpaired) electrons. The van der Waals surface area contributed by atoms with Gasteiger partial charge >= 0.3 is 0 Å². The fourth-order valence-electron chi connectivity index (χ4n) is 3.74. The number of nitrogens with one attached hydrogen (secondary N) is 1. The van der Waals surface area contributed by atoms with Crippen LogP contribution in [0.15, 0.2) is 24.3 Å². The molecule has 2 atom stereocenters. The number of piperidine rings is 1. The van der Waals surface area contributed by atoms with Crippen LogP contribution in [0, 0.1) is 5.41 Å². The molecule has 0 spiro atoms. The lowest BCUT2D eigenvalue weighted by atomic mass is 9.62. The molecule has 86 valence electrons. The zero-order chi connectivity index (χ0) is 11.0. The van der Waals surface area contributed by atoms with E-state index in [1.807, 2.05) is 0 Å². The van der Waals surface area contributed by atoms with E-state index >= 15 is 0 Å². The summed E-state index contributed by atoms with van der Waals surface area (Å²) in [6, 6.07) is 9.64. The van der Waals surface area contributed by atoms with E-state index < -0.39 is 0 Å². The van der Waals surface area contributed by atoms with Crippen LogP contribution in [-0.2, 0) is 6.42 Å². The zero-order valence-electron chi connectivity index (χ0n) is 10.1. The third kappa shape index (κ3) is 1.41. The van der Waals surface area contributed by atoms with Gasteiger partial charge in [0.05, 0.1) is 0 Å². The summed E-state index contributed by atoms with van der Waals surface area (Å²) in [6.45, 7) is 3.56. The molecule has 1 nitrogen and oxygen atoms in total. The monoisotopic (exact) mass is 215 g/mol. The number of hydrogen-bond acceptors (Lipinski definition) is 1. The highest BCUT2D eigenvalue weighted by molar-refractivity contribution is 5.35. The Bertz CT molecular complexity index is 385. The molecule has 1 heteroatoms. The van der Waals surface area contributed by atoms with Crippen LogP contribution in [0.2, 0.25) is 0 Å². The molecule has 0 aromatic heterocycles. The standard InChI is InChI=1S/C15H21N/c1-2-15-9-5-11-16-14(15)13-7-4-3-6-12(13)8-10-15/h3-4,6-7,14,16H,2,5,8-11H2,1H3/t14-,15+/m0/s1. The van der Waals surface area contributed by atoms with E-state index in [1.165, 1.54) is 38.6 Å². The summed E-state index contributed by atoms with van der Waals surface area (Å²) in [7, 11) is 0. The minimum absolute atomic E-state index is 0.548. The third-order valence-corrected chi connectivity index (χ3v) is 4.77. The van der Waals surface area contributed by atoms with Crippen molar-refractivity contribution < 1.29 is 0 Å². The van der Waals surface area contributed by atoms with Crippen molar-refractivity contribution in [1.29, 1.82) is 0 Å². The predicted octanol–water partition coefficient (Wildman–Crippen LogP) is 3.45. The summed E-state index contributed by atoms with van der Waals surface area (Å²) in [5.74, 6) is 0. The van der Waals surface area contributed by atoms with Crippen molar-refractivity contribution in [3.8, 4) is 0 Å². The van der Waals surface area contributed by atoms with Gasteiger partial charge in [-0.05, 0) is 55.2 Å². The van der Waals surface area contributed by atoms with E-state index in [-0.39, 0.29) is 0 Å². The molecule has 16 heavy (non-hydrogen) atoms. The molecule has 2 aliphatic rings. The van der Waals surface area contributed by atoms with Gasteiger partial charge in [-0.15, -0.1) is 0 Å². The highest BCUT2D eigenvalue weighted by Gasteiger charge is 2.42. The molecule has 1 aromatic carbocycles. The Balaban J connectivity index is 2.04. The van der Waals surface area contributed by atoms with Gasteiger partial charge in [0.2, 0.25) is 0 Å². The maximum Gasteiger partial charge on any atom is 0.0379 e. The molecular formula is C15H21N. The molecule has 0 amide bonds. The molecular weight excluding hydrogens is 194 g/mol. The Morgan fingerprint density at radius 1 is 1.31 bits per heavy atom. The lowest BCUT2D eigenvalue weighted by Gasteiger charge is -2.48. The van der Waals surface area contributed by atoms with Crippen LogP contribution in [0.1, 0.15) is 49.8 Å². The smallest absolute Gasteiger partial charge is 0.0379 e. The molecule has 0 bridgehead atoms. The first-order valence-electron chi connectivity index (χ1n) is 6.67. The topological polar surface area (TPSA) is 12.0 Å². The van der Waals surface area contributed by atoms with Gasteiger partial charge in [0.15, 0.2) is 0 Å². The van der Waals surface area contributed by atoms with Gasteiger partial charge in [0.1, 0.15) is 0 Å². The van der Waals surface area contributed by atoms with Crippen LogP contribution < -0.4 is 5.32 Å².